The Hall–Kier alpha value is 1.52. The second-order valence-electron chi connectivity index (χ2n) is 4.75. The van der Waals surface area contributed by atoms with Gasteiger partial charge in [-0.1, -0.05) is 0 Å². The summed E-state index contributed by atoms with van der Waals surface area (Å²) < 4.78 is 62.6. The van der Waals surface area contributed by atoms with E-state index < -0.39 is 28.3 Å². The molecule has 0 aliphatic rings. The molecule has 0 saturated heterocycles. The molecule has 0 aliphatic carbocycles. The third-order valence-corrected chi connectivity index (χ3v) is 15.5. The number of rotatable bonds is 4. The summed E-state index contributed by atoms with van der Waals surface area (Å²) in [4.78, 5) is 0. The molecule has 0 heterocycles. The molecular weight excluding hydrogens is 926 g/mol. The van der Waals surface area contributed by atoms with Crippen molar-refractivity contribution in [2.75, 3.05) is 0 Å². The van der Waals surface area contributed by atoms with Gasteiger partial charge in [-0.25, -0.2) is 0 Å². The van der Waals surface area contributed by atoms with Crippen molar-refractivity contribution in [2.45, 2.75) is 0 Å². The van der Waals surface area contributed by atoms with E-state index in [0.717, 1.165) is 0 Å². The molecule has 0 aromatic heterocycles. The Balaban J connectivity index is 2.46. The average molecular weight is 934 g/mol. The van der Waals surface area contributed by atoms with Crippen molar-refractivity contribution in [2.24, 2.45) is 10.2 Å². The SMILES string of the molecule is O=[As](O)(O)c1ccc(N=Nc2ccc([As](=O)(O)O)c(I)c2I)c(I)c1I. The van der Waals surface area contributed by atoms with E-state index in [1.165, 1.54) is 24.3 Å². The number of hydrogen-bond acceptors (Lipinski definition) is 4. The number of nitrogens with zero attached hydrogens (tertiary/aromatic N) is 2. The predicted molar refractivity (Wildman–Crippen MR) is 129 cm³/mol. The molecule has 0 fully saturated rings. The molecule has 0 atom stereocenters. The van der Waals surface area contributed by atoms with Crippen molar-refractivity contribution >= 4 is 139 Å². The van der Waals surface area contributed by atoms with Crippen molar-refractivity contribution in [3.05, 3.63) is 38.5 Å². The summed E-state index contributed by atoms with van der Waals surface area (Å²) in [6.07, 6.45) is 0. The Morgan fingerprint density at radius 3 is 1.19 bits per heavy atom. The third kappa shape index (κ3) is 5.56. The van der Waals surface area contributed by atoms with Gasteiger partial charge in [-0.2, -0.15) is 0 Å². The topological polar surface area (TPSA) is 140 Å². The third-order valence-electron chi connectivity index (χ3n) is 2.98. The van der Waals surface area contributed by atoms with Crippen LogP contribution in [-0.2, 0) is 7.48 Å². The Morgan fingerprint density at radius 1 is 0.615 bits per heavy atom. The normalized spacial score (nSPS) is 12.8. The average Bonchev–Trinajstić information content (AvgIpc) is 2.50. The molecule has 14 heteroatoms. The molecule has 0 bridgehead atoms. The van der Waals surface area contributed by atoms with Crippen molar-refractivity contribution in [3.63, 3.8) is 0 Å². The van der Waals surface area contributed by atoms with Crippen LogP contribution in [0, 0.1) is 14.3 Å². The van der Waals surface area contributed by atoms with Gasteiger partial charge in [0.1, 0.15) is 0 Å². The van der Waals surface area contributed by atoms with E-state index in [4.69, 9.17) is 0 Å². The van der Waals surface area contributed by atoms with Gasteiger partial charge in [-0.15, -0.1) is 0 Å². The minimum atomic E-state index is -5.02. The number of halogens is 4. The van der Waals surface area contributed by atoms with Crippen LogP contribution in [0.5, 0.6) is 0 Å². The summed E-state index contributed by atoms with van der Waals surface area (Å²) in [7, 11) is 0. The Bertz CT molecular complexity index is 924. The molecule has 4 N–H and O–H groups in total. The molecular formula is C12H8As2I4N2O6. The van der Waals surface area contributed by atoms with E-state index in [1.807, 2.05) is 90.4 Å². The second-order valence-corrected chi connectivity index (χ2v) is 15.7. The number of hydrogen-bond donors (Lipinski definition) is 4. The van der Waals surface area contributed by atoms with Crippen molar-refractivity contribution < 1.29 is 23.9 Å². The second kappa shape index (κ2) is 9.12. The van der Waals surface area contributed by atoms with Gasteiger partial charge in [0.25, 0.3) is 0 Å². The predicted octanol–water partition coefficient (Wildman–Crippen LogP) is 1.64. The van der Waals surface area contributed by atoms with Crippen molar-refractivity contribution in [1.82, 2.24) is 0 Å². The summed E-state index contributed by atoms with van der Waals surface area (Å²) >= 11 is -2.42. The fourth-order valence-corrected chi connectivity index (χ4v) is 10.7. The fraction of sp³-hybridized carbons (Fsp3) is 0. The van der Waals surface area contributed by atoms with E-state index in [-0.39, 0.29) is 8.70 Å². The first-order valence-corrected chi connectivity index (χ1v) is 17.4. The molecule has 2 aromatic rings. The monoisotopic (exact) mass is 933 g/mol. The molecule has 0 aliphatic heterocycles. The maximum absolute atomic E-state index is 11.5. The van der Waals surface area contributed by atoms with Gasteiger partial charge >= 0.3 is 211 Å². The molecule has 140 valence electrons. The van der Waals surface area contributed by atoms with Gasteiger partial charge in [0.05, 0.1) is 0 Å². The van der Waals surface area contributed by atoms with E-state index >= 15 is 0 Å². The van der Waals surface area contributed by atoms with Crippen LogP contribution in [0.1, 0.15) is 0 Å². The summed E-state index contributed by atoms with van der Waals surface area (Å²) in [6, 6.07) is 5.64. The van der Waals surface area contributed by atoms with E-state index in [0.29, 0.717) is 25.7 Å². The Labute approximate surface area is 208 Å². The van der Waals surface area contributed by atoms with Crippen LogP contribution in [0.4, 0.5) is 11.4 Å². The molecule has 2 aromatic carbocycles. The summed E-state index contributed by atoms with van der Waals surface area (Å²) in [5.41, 5.74) is 0.883. The van der Waals surface area contributed by atoms with Crippen molar-refractivity contribution in [1.29, 1.82) is 0 Å². The first-order valence-electron chi connectivity index (χ1n) is 6.34. The van der Waals surface area contributed by atoms with Crippen LogP contribution in [0.15, 0.2) is 34.5 Å². The van der Waals surface area contributed by atoms with Gasteiger partial charge < -0.3 is 0 Å². The Morgan fingerprint density at radius 2 is 0.923 bits per heavy atom. The minimum absolute atomic E-state index is 0.00984. The molecule has 0 spiro atoms. The molecule has 0 amide bonds. The summed E-state index contributed by atoms with van der Waals surface area (Å²) in [5, 5.41) is 8.25. The molecule has 26 heavy (non-hydrogen) atoms. The van der Waals surface area contributed by atoms with Crippen LogP contribution in [0.3, 0.4) is 0 Å². The van der Waals surface area contributed by atoms with Crippen LogP contribution in [0.25, 0.3) is 0 Å². The molecule has 8 nitrogen and oxygen atoms in total. The number of benzene rings is 2. The first-order chi connectivity index (χ1) is 11.8. The first kappa shape index (κ1) is 23.8. The standard InChI is InChI=1S/C12H8As2I4N2O6/c15-9-5(13(21,22)23)1-3-7(11(9)17)19-20-8-4-2-6(14(24,25)26)10(16)12(8)18/h1-4H,(H2,21,22,23)(H2,24,25,26). The van der Waals surface area contributed by atoms with Crippen LogP contribution in [0.2, 0.25) is 0 Å². The maximum atomic E-state index is 11.5. The zero-order valence-corrected chi connectivity index (χ0v) is 24.6. The summed E-state index contributed by atoms with van der Waals surface area (Å²) in [5.74, 6) is 0. The van der Waals surface area contributed by atoms with Gasteiger partial charge in [0, 0.05) is 0 Å². The fourth-order valence-electron chi connectivity index (χ4n) is 1.77. The van der Waals surface area contributed by atoms with E-state index in [1.54, 1.807) is 0 Å². The van der Waals surface area contributed by atoms with Gasteiger partial charge in [0.2, 0.25) is 0 Å². The molecule has 0 radical (unpaired) electrons. The molecule has 2 rings (SSSR count). The van der Waals surface area contributed by atoms with Crippen LogP contribution < -0.4 is 8.70 Å². The quantitative estimate of drug-likeness (QED) is 0.209. The molecule has 0 saturated carbocycles. The van der Waals surface area contributed by atoms with Crippen LogP contribution >= 0.6 is 90.4 Å². The van der Waals surface area contributed by atoms with Crippen molar-refractivity contribution in [3.8, 4) is 0 Å². The van der Waals surface area contributed by atoms with Gasteiger partial charge in [0.15, 0.2) is 0 Å². The van der Waals surface area contributed by atoms with Crippen LogP contribution in [-0.4, -0.2) is 44.7 Å². The zero-order valence-electron chi connectivity index (χ0n) is 12.2. The van der Waals surface area contributed by atoms with E-state index in [2.05, 4.69) is 10.2 Å². The van der Waals surface area contributed by atoms with Gasteiger partial charge in [-0.3, -0.25) is 0 Å². The Kier molecular flexibility index (Phi) is 8.34. The zero-order chi connectivity index (χ0) is 19.9. The van der Waals surface area contributed by atoms with Gasteiger partial charge in [-0.05, 0) is 0 Å². The van der Waals surface area contributed by atoms with E-state index in [9.17, 15) is 23.9 Å². The summed E-state index contributed by atoms with van der Waals surface area (Å²) in [6.45, 7) is 0. The number of azo groups is 1. The molecule has 0 unspecified atom stereocenters.